The van der Waals surface area contributed by atoms with Crippen LogP contribution in [-0.2, 0) is 10.8 Å². The van der Waals surface area contributed by atoms with Crippen molar-refractivity contribution < 1.29 is 4.21 Å². The number of rotatable bonds is 5. The Hall–Kier alpha value is -0.680. The Morgan fingerprint density at radius 2 is 2.06 bits per heavy atom. The highest BCUT2D eigenvalue weighted by molar-refractivity contribution is 7.84. The molecule has 0 spiro atoms. The van der Waals surface area contributed by atoms with Crippen molar-refractivity contribution in [3.63, 3.8) is 0 Å². The Morgan fingerprint density at radius 1 is 1.41 bits per heavy atom. The molecule has 6 heteroatoms. The standard InChI is InChI=1S/C11H18ClN3OS/c1-7(2)11-14-9(12)5-10(15-11)13-8(3)6-17(4)16/h5,7-8H,6H2,1-4H3,(H,13,14,15). The second-order valence-corrected chi connectivity index (χ2v) is 6.24. The Kier molecular flexibility index (Phi) is 5.33. The lowest BCUT2D eigenvalue weighted by atomic mass is 10.2. The van der Waals surface area contributed by atoms with Crippen LogP contribution in [0.3, 0.4) is 0 Å². The van der Waals surface area contributed by atoms with Gasteiger partial charge < -0.3 is 5.32 Å². The smallest absolute Gasteiger partial charge is 0.135 e. The van der Waals surface area contributed by atoms with Crippen molar-refractivity contribution in [3.05, 3.63) is 17.0 Å². The molecule has 0 aromatic carbocycles. The summed E-state index contributed by atoms with van der Waals surface area (Å²) in [6.45, 7) is 5.99. The summed E-state index contributed by atoms with van der Waals surface area (Å²) >= 11 is 5.93. The van der Waals surface area contributed by atoms with Crippen molar-refractivity contribution in [2.45, 2.75) is 32.7 Å². The fourth-order valence-electron chi connectivity index (χ4n) is 1.41. The molecule has 0 aliphatic carbocycles. The molecule has 0 saturated heterocycles. The summed E-state index contributed by atoms with van der Waals surface area (Å²) in [7, 11) is -0.828. The molecule has 0 bridgehead atoms. The van der Waals surface area contributed by atoms with Gasteiger partial charge >= 0.3 is 0 Å². The van der Waals surface area contributed by atoms with E-state index in [4.69, 9.17) is 11.6 Å². The van der Waals surface area contributed by atoms with E-state index in [0.29, 0.717) is 22.5 Å². The fraction of sp³-hybridized carbons (Fsp3) is 0.636. The lowest BCUT2D eigenvalue weighted by Crippen LogP contribution is -2.23. The van der Waals surface area contributed by atoms with Gasteiger partial charge in [0.1, 0.15) is 16.8 Å². The Morgan fingerprint density at radius 3 is 2.59 bits per heavy atom. The number of halogens is 1. The van der Waals surface area contributed by atoms with Crippen molar-refractivity contribution in [1.82, 2.24) is 9.97 Å². The van der Waals surface area contributed by atoms with Gasteiger partial charge in [-0.1, -0.05) is 25.4 Å². The molecule has 1 aromatic rings. The topological polar surface area (TPSA) is 54.9 Å². The van der Waals surface area contributed by atoms with Crippen LogP contribution in [0.5, 0.6) is 0 Å². The van der Waals surface area contributed by atoms with Crippen LogP contribution in [0, 0.1) is 0 Å². The maximum absolute atomic E-state index is 11.1. The van der Waals surface area contributed by atoms with E-state index in [-0.39, 0.29) is 12.0 Å². The molecule has 1 aromatic heterocycles. The predicted molar refractivity (Wildman–Crippen MR) is 73.1 cm³/mol. The van der Waals surface area contributed by atoms with E-state index in [2.05, 4.69) is 15.3 Å². The summed E-state index contributed by atoms with van der Waals surface area (Å²) < 4.78 is 11.1. The molecule has 1 heterocycles. The molecular formula is C11H18ClN3OS. The minimum atomic E-state index is -0.828. The molecule has 0 fully saturated rings. The number of hydrogen-bond acceptors (Lipinski definition) is 4. The van der Waals surface area contributed by atoms with E-state index >= 15 is 0 Å². The molecule has 1 N–H and O–H groups in total. The van der Waals surface area contributed by atoms with Crippen molar-refractivity contribution in [2.75, 3.05) is 17.3 Å². The Balaban J connectivity index is 2.80. The number of anilines is 1. The summed E-state index contributed by atoms with van der Waals surface area (Å²) in [5, 5.41) is 3.61. The van der Waals surface area contributed by atoms with Gasteiger partial charge in [0.2, 0.25) is 0 Å². The minimum Gasteiger partial charge on any atom is -0.367 e. The van der Waals surface area contributed by atoms with E-state index in [1.54, 1.807) is 12.3 Å². The molecule has 2 unspecified atom stereocenters. The van der Waals surface area contributed by atoms with Gasteiger partial charge in [0, 0.05) is 40.8 Å². The second kappa shape index (κ2) is 6.31. The first kappa shape index (κ1) is 14.4. The van der Waals surface area contributed by atoms with E-state index in [9.17, 15) is 4.21 Å². The molecule has 0 amide bonds. The number of nitrogens with zero attached hydrogens (tertiary/aromatic N) is 2. The Labute approximate surface area is 110 Å². The van der Waals surface area contributed by atoms with Gasteiger partial charge in [-0.2, -0.15) is 0 Å². The maximum atomic E-state index is 11.1. The van der Waals surface area contributed by atoms with Crippen LogP contribution >= 0.6 is 11.6 Å². The summed E-state index contributed by atoms with van der Waals surface area (Å²) in [5.41, 5.74) is 0. The lowest BCUT2D eigenvalue weighted by molar-refractivity contribution is 0.682. The first-order valence-corrected chi connectivity index (χ1v) is 7.60. The zero-order chi connectivity index (χ0) is 13.0. The average Bonchev–Trinajstić information content (AvgIpc) is 2.14. The highest BCUT2D eigenvalue weighted by Gasteiger charge is 2.10. The molecule has 96 valence electrons. The molecule has 0 aliphatic rings. The van der Waals surface area contributed by atoms with Gasteiger partial charge in [-0.3, -0.25) is 4.21 Å². The van der Waals surface area contributed by atoms with Crippen LogP contribution in [0.1, 0.15) is 32.5 Å². The largest absolute Gasteiger partial charge is 0.367 e. The van der Waals surface area contributed by atoms with E-state index in [0.717, 1.165) is 0 Å². The van der Waals surface area contributed by atoms with Gasteiger partial charge in [-0.25, -0.2) is 9.97 Å². The average molecular weight is 276 g/mol. The minimum absolute atomic E-state index is 0.0896. The van der Waals surface area contributed by atoms with Crippen LogP contribution in [0.4, 0.5) is 5.82 Å². The molecule has 2 atom stereocenters. The first-order chi connectivity index (χ1) is 7.88. The highest BCUT2D eigenvalue weighted by Crippen LogP contribution is 2.17. The van der Waals surface area contributed by atoms with Crippen molar-refractivity contribution in [1.29, 1.82) is 0 Å². The van der Waals surface area contributed by atoms with Gasteiger partial charge in [0.15, 0.2) is 0 Å². The quantitative estimate of drug-likeness (QED) is 0.839. The molecule has 0 aliphatic heterocycles. The summed E-state index contributed by atoms with van der Waals surface area (Å²) in [5.74, 6) is 2.21. The predicted octanol–water partition coefficient (Wildman–Crippen LogP) is 2.43. The van der Waals surface area contributed by atoms with Crippen LogP contribution in [0.15, 0.2) is 6.07 Å². The van der Waals surface area contributed by atoms with Crippen LogP contribution < -0.4 is 5.32 Å². The molecule has 4 nitrogen and oxygen atoms in total. The number of hydrogen-bond donors (Lipinski definition) is 1. The zero-order valence-corrected chi connectivity index (χ0v) is 12.1. The van der Waals surface area contributed by atoms with Crippen LogP contribution in [0.2, 0.25) is 5.15 Å². The number of aromatic nitrogens is 2. The Bertz CT molecular complexity index is 412. The first-order valence-electron chi connectivity index (χ1n) is 5.49. The molecule has 0 saturated carbocycles. The van der Waals surface area contributed by atoms with Crippen molar-refractivity contribution in [2.24, 2.45) is 0 Å². The fourth-order valence-corrected chi connectivity index (χ4v) is 2.39. The normalized spacial score (nSPS) is 14.7. The molecule has 17 heavy (non-hydrogen) atoms. The lowest BCUT2D eigenvalue weighted by Gasteiger charge is -2.14. The van der Waals surface area contributed by atoms with Gasteiger partial charge in [-0.15, -0.1) is 0 Å². The zero-order valence-electron chi connectivity index (χ0n) is 10.5. The highest BCUT2D eigenvalue weighted by atomic mass is 35.5. The third-order valence-electron chi connectivity index (χ3n) is 2.11. The van der Waals surface area contributed by atoms with Gasteiger partial charge in [0.25, 0.3) is 0 Å². The van der Waals surface area contributed by atoms with Crippen molar-refractivity contribution in [3.8, 4) is 0 Å². The summed E-state index contributed by atoms with van der Waals surface area (Å²) in [6.07, 6.45) is 1.69. The third kappa shape index (κ3) is 5.00. The van der Waals surface area contributed by atoms with E-state index in [1.807, 2.05) is 20.8 Å². The summed E-state index contributed by atoms with van der Waals surface area (Å²) in [4.78, 5) is 8.53. The van der Waals surface area contributed by atoms with Crippen LogP contribution in [0.25, 0.3) is 0 Å². The van der Waals surface area contributed by atoms with Gasteiger partial charge in [-0.05, 0) is 6.92 Å². The molecule has 0 radical (unpaired) electrons. The van der Waals surface area contributed by atoms with E-state index in [1.165, 1.54) is 0 Å². The second-order valence-electron chi connectivity index (χ2n) is 4.37. The van der Waals surface area contributed by atoms with Gasteiger partial charge in [0.05, 0.1) is 0 Å². The molecular weight excluding hydrogens is 258 g/mol. The summed E-state index contributed by atoms with van der Waals surface area (Å²) in [6, 6.07) is 1.77. The van der Waals surface area contributed by atoms with Crippen molar-refractivity contribution >= 4 is 28.2 Å². The monoisotopic (exact) mass is 275 g/mol. The van der Waals surface area contributed by atoms with E-state index < -0.39 is 10.8 Å². The maximum Gasteiger partial charge on any atom is 0.135 e. The third-order valence-corrected chi connectivity index (χ3v) is 3.27. The molecule has 1 rings (SSSR count). The number of nitrogens with one attached hydrogen (secondary N) is 1. The SMILES string of the molecule is CC(CS(C)=O)Nc1cc(Cl)nc(C(C)C)n1. The van der Waals surface area contributed by atoms with Crippen LogP contribution in [-0.4, -0.2) is 32.2 Å².